The van der Waals surface area contributed by atoms with Gasteiger partial charge in [0.2, 0.25) is 0 Å². The smallest absolute Gasteiger partial charge is 0.465 e. The van der Waals surface area contributed by atoms with Crippen molar-refractivity contribution in [2.24, 2.45) is 0 Å². The van der Waals surface area contributed by atoms with Gasteiger partial charge in [-0.05, 0) is 23.9 Å². The molecule has 0 aliphatic carbocycles. The number of halogens is 6. The molecule has 0 aliphatic heterocycles. The number of methoxy groups -OCH3 is 1. The van der Waals surface area contributed by atoms with Crippen LogP contribution in [0.1, 0.15) is 15.9 Å². The molecule has 0 amide bonds. The van der Waals surface area contributed by atoms with Gasteiger partial charge in [0.25, 0.3) is 0 Å². The Hall–Kier alpha value is -2.09. The quantitative estimate of drug-likeness (QED) is 0.473. The summed E-state index contributed by atoms with van der Waals surface area (Å²) in [5.41, 5.74) is -6.58. The van der Waals surface area contributed by atoms with Crippen LogP contribution in [0.2, 0.25) is 0 Å². The predicted octanol–water partition coefficient (Wildman–Crippen LogP) is 3.86. The summed E-state index contributed by atoms with van der Waals surface area (Å²) >= 11 is -0.697. The molecule has 1 rings (SSSR count). The van der Waals surface area contributed by atoms with Gasteiger partial charge in [0.1, 0.15) is 11.6 Å². The first-order chi connectivity index (χ1) is 9.96. The third kappa shape index (κ3) is 5.03. The van der Waals surface area contributed by atoms with Crippen LogP contribution in [0, 0.1) is 11.3 Å². The molecule has 0 spiro atoms. The van der Waals surface area contributed by atoms with E-state index in [9.17, 15) is 31.1 Å². The van der Waals surface area contributed by atoms with Crippen LogP contribution in [0.3, 0.4) is 0 Å². The van der Waals surface area contributed by atoms with Crippen molar-refractivity contribution in [2.45, 2.75) is 16.8 Å². The summed E-state index contributed by atoms with van der Waals surface area (Å²) in [5.74, 6) is -2.59. The van der Waals surface area contributed by atoms with Gasteiger partial charge in [0.15, 0.2) is 5.75 Å². The van der Waals surface area contributed by atoms with Crippen molar-refractivity contribution in [1.29, 1.82) is 5.26 Å². The highest BCUT2D eigenvalue weighted by molar-refractivity contribution is 8.00. The average Bonchev–Trinajstić information content (AvgIpc) is 2.35. The second kappa shape index (κ2) is 6.35. The predicted molar refractivity (Wildman–Crippen MR) is 61.1 cm³/mol. The number of nitriles is 1. The molecule has 1 aromatic carbocycles. The second-order valence-corrected chi connectivity index (χ2v) is 4.68. The number of rotatable bonds is 3. The molecule has 0 saturated heterocycles. The first kappa shape index (κ1) is 18.0. The number of nitrogens with zero attached hydrogens (tertiary/aromatic N) is 1. The van der Waals surface area contributed by atoms with Gasteiger partial charge in [0, 0.05) is 4.90 Å². The highest BCUT2D eigenvalue weighted by atomic mass is 32.2. The van der Waals surface area contributed by atoms with Crippen LogP contribution in [0.4, 0.5) is 26.3 Å². The number of benzene rings is 1. The fourth-order valence-corrected chi connectivity index (χ4v) is 1.99. The van der Waals surface area contributed by atoms with Crippen LogP contribution in [0.5, 0.6) is 5.75 Å². The SMILES string of the molecule is COC(=O)c1cc(SC(F)(F)F)cc(C#N)c1OC(F)(F)F. The van der Waals surface area contributed by atoms with E-state index in [4.69, 9.17) is 5.26 Å². The van der Waals surface area contributed by atoms with E-state index < -0.39 is 51.4 Å². The van der Waals surface area contributed by atoms with E-state index in [0.29, 0.717) is 12.1 Å². The fraction of sp³-hybridized carbons (Fsp3) is 0.273. The third-order valence-electron chi connectivity index (χ3n) is 2.04. The number of hydrogen-bond acceptors (Lipinski definition) is 5. The normalized spacial score (nSPS) is 11.7. The van der Waals surface area contributed by atoms with E-state index in [-0.39, 0.29) is 0 Å². The molecule has 0 heterocycles. The van der Waals surface area contributed by atoms with E-state index in [1.165, 1.54) is 6.07 Å². The first-order valence-corrected chi connectivity index (χ1v) is 5.96. The number of hydrogen-bond donors (Lipinski definition) is 0. The number of ether oxygens (including phenoxy) is 2. The molecule has 0 radical (unpaired) electrons. The highest BCUT2D eigenvalue weighted by Gasteiger charge is 2.36. The molecule has 0 atom stereocenters. The van der Waals surface area contributed by atoms with Crippen molar-refractivity contribution in [1.82, 2.24) is 0 Å². The van der Waals surface area contributed by atoms with Crippen molar-refractivity contribution in [3.63, 3.8) is 0 Å². The Morgan fingerprint density at radius 2 is 1.82 bits per heavy atom. The van der Waals surface area contributed by atoms with Gasteiger partial charge in [-0.15, -0.1) is 13.2 Å². The van der Waals surface area contributed by atoms with E-state index in [1.54, 1.807) is 0 Å². The molecular formula is C11H5F6NO3S. The van der Waals surface area contributed by atoms with Crippen LogP contribution in [0.25, 0.3) is 0 Å². The van der Waals surface area contributed by atoms with Crippen LogP contribution < -0.4 is 4.74 Å². The van der Waals surface area contributed by atoms with Gasteiger partial charge in [0.05, 0.1) is 12.7 Å². The molecule has 0 bridgehead atoms. The van der Waals surface area contributed by atoms with Gasteiger partial charge in [-0.25, -0.2) is 4.79 Å². The summed E-state index contributed by atoms with van der Waals surface area (Å²) in [5, 5.41) is 8.78. The molecule has 0 fully saturated rings. The molecule has 0 saturated carbocycles. The largest absolute Gasteiger partial charge is 0.573 e. The van der Waals surface area contributed by atoms with Crippen molar-refractivity contribution >= 4 is 17.7 Å². The lowest BCUT2D eigenvalue weighted by Crippen LogP contribution is -2.20. The molecule has 22 heavy (non-hydrogen) atoms. The van der Waals surface area contributed by atoms with Crippen molar-refractivity contribution in [3.8, 4) is 11.8 Å². The van der Waals surface area contributed by atoms with E-state index in [2.05, 4.69) is 9.47 Å². The molecule has 0 aliphatic rings. The summed E-state index contributed by atoms with van der Waals surface area (Å²) in [6, 6.07) is 2.29. The zero-order valence-electron chi connectivity index (χ0n) is 10.5. The van der Waals surface area contributed by atoms with Gasteiger partial charge in [-0.2, -0.15) is 18.4 Å². The Balaban J connectivity index is 3.48. The van der Waals surface area contributed by atoms with Crippen LogP contribution >= 0.6 is 11.8 Å². The minimum atomic E-state index is -5.24. The molecule has 1 aromatic rings. The zero-order chi connectivity index (χ0) is 17.1. The van der Waals surface area contributed by atoms with Gasteiger partial charge < -0.3 is 9.47 Å². The Bertz CT molecular complexity index is 620. The fourth-order valence-electron chi connectivity index (χ4n) is 1.37. The van der Waals surface area contributed by atoms with Crippen molar-refractivity contribution in [2.75, 3.05) is 7.11 Å². The third-order valence-corrected chi connectivity index (χ3v) is 2.74. The number of thioether (sulfide) groups is 1. The summed E-state index contributed by atoms with van der Waals surface area (Å²) in [4.78, 5) is 10.8. The van der Waals surface area contributed by atoms with E-state index in [1.807, 2.05) is 0 Å². The van der Waals surface area contributed by atoms with Crippen LogP contribution in [-0.2, 0) is 4.74 Å². The zero-order valence-corrected chi connectivity index (χ0v) is 11.3. The topological polar surface area (TPSA) is 59.3 Å². The standard InChI is InChI=1S/C11H5F6NO3S/c1-20-9(19)7-3-6(22-11(15,16)17)2-5(4-18)8(7)21-10(12,13)14/h2-3H,1H3. The Kier molecular flexibility index (Phi) is 5.18. The maximum atomic E-state index is 12.3. The average molecular weight is 345 g/mol. The van der Waals surface area contributed by atoms with Gasteiger partial charge in [-0.3, -0.25) is 0 Å². The number of carbonyl (C=O) groups excluding carboxylic acids is 1. The number of carbonyl (C=O) groups is 1. The summed E-state index contributed by atoms with van der Waals surface area (Å²) < 4.78 is 81.6. The van der Waals surface area contributed by atoms with Gasteiger partial charge in [-0.1, -0.05) is 0 Å². The minimum Gasteiger partial charge on any atom is -0.465 e. The first-order valence-electron chi connectivity index (χ1n) is 5.15. The molecule has 120 valence electrons. The van der Waals surface area contributed by atoms with Crippen molar-refractivity contribution < 1.29 is 40.6 Å². The summed E-state index contributed by atoms with van der Waals surface area (Å²) in [6.45, 7) is 0. The lowest BCUT2D eigenvalue weighted by atomic mass is 10.1. The van der Waals surface area contributed by atoms with Crippen molar-refractivity contribution in [3.05, 3.63) is 23.3 Å². The van der Waals surface area contributed by atoms with E-state index in [0.717, 1.165) is 7.11 Å². The summed E-state index contributed by atoms with van der Waals surface area (Å²) in [6.07, 6.45) is -5.24. The molecule has 0 aromatic heterocycles. The minimum absolute atomic E-state index is 0.506. The van der Waals surface area contributed by atoms with Crippen LogP contribution in [0.15, 0.2) is 17.0 Å². The van der Waals surface area contributed by atoms with E-state index >= 15 is 0 Å². The lowest BCUT2D eigenvalue weighted by Gasteiger charge is -2.15. The monoisotopic (exact) mass is 345 g/mol. The maximum Gasteiger partial charge on any atom is 0.573 e. The van der Waals surface area contributed by atoms with Gasteiger partial charge >= 0.3 is 17.8 Å². The molecule has 4 nitrogen and oxygen atoms in total. The number of alkyl halides is 6. The Morgan fingerprint density at radius 3 is 2.23 bits per heavy atom. The summed E-state index contributed by atoms with van der Waals surface area (Å²) in [7, 11) is 0.815. The second-order valence-electron chi connectivity index (χ2n) is 3.55. The van der Waals surface area contributed by atoms with Crippen LogP contribution in [-0.4, -0.2) is 24.9 Å². The Morgan fingerprint density at radius 1 is 1.23 bits per heavy atom. The molecular weight excluding hydrogens is 340 g/mol. The molecule has 0 unspecified atom stereocenters. The number of esters is 1. The highest BCUT2D eigenvalue weighted by Crippen LogP contribution is 2.40. The molecule has 11 heteroatoms. The Labute approximate surface area is 123 Å². The molecule has 0 N–H and O–H groups in total. The maximum absolute atomic E-state index is 12.3. The lowest BCUT2D eigenvalue weighted by molar-refractivity contribution is -0.274.